The van der Waals surface area contributed by atoms with Crippen molar-refractivity contribution < 1.29 is 4.42 Å². The summed E-state index contributed by atoms with van der Waals surface area (Å²) in [6.07, 6.45) is 0. The lowest BCUT2D eigenvalue weighted by Gasteiger charge is -2.29. The zero-order chi connectivity index (χ0) is 40.3. The molecule has 0 unspecified atom stereocenters. The number of benzene rings is 10. The highest BCUT2D eigenvalue weighted by Gasteiger charge is 2.22. The van der Waals surface area contributed by atoms with Gasteiger partial charge in [-0.3, -0.25) is 0 Å². The Morgan fingerprint density at radius 2 is 0.934 bits per heavy atom. The van der Waals surface area contributed by atoms with E-state index in [2.05, 4.69) is 234 Å². The molecule has 0 spiro atoms. The van der Waals surface area contributed by atoms with Gasteiger partial charge in [0, 0.05) is 38.2 Å². The second-order valence-corrected chi connectivity index (χ2v) is 15.6. The molecule has 0 aliphatic heterocycles. The Kier molecular flexibility index (Phi) is 8.17. The number of furan rings is 1. The number of aromatic nitrogens is 1. The maximum absolute atomic E-state index is 6.64. The number of para-hydroxylation sites is 4. The Morgan fingerprint density at radius 3 is 1.80 bits per heavy atom. The smallest absolute Gasteiger partial charge is 0.159 e. The summed E-state index contributed by atoms with van der Waals surface area (Å²) in [6, 6.07) is 83.0. The minimum atomic E-state index is 0.886. The molecule has 0 amide bonds. The first-order valence-corrected chi connectivity index (χ1v) is 20.8. The number of anilines is 3. The van der Waals surface area contributed by atoms with Gasteiger partial charge in [-0.05, 0) is 81.7 Å². The summed E-state index contributed by atoms with van der Waals surface area (Å²) in [5.74, 6) is 0. The van der Waals surface area contributed by atoms with Crippen molar-refractivity contribution in [1.29, 1.82) is 0 Å². The summed E-state index contributed by atoms with van der Waals surface area (Å²) in [5, 5.41) is 7.04. The molecule has 0 saturated carbocycles. The van der Waals surface area contributed by atoms with Crippen molar-refractivity contribution >= 4 is 71.6 Å². The van der Waals surface area contributed by atoms with Crippen LogP contribution < -0.4 is 4.90 Å². The molecule has 61 heavy (non-hydrogen) atoms. The number of hydrogen-bond donors (Lipinski definition) is 0. The van der Waals surface area contributed by atoms with Crippen LogP contribution in [0.4, 0.5) is 17.1 Å². The van der Waals surface area contributed by atoms with Crippen molar-refractivity contribution in [2.45, 2.75) is 0 Å². The van der Waals surface area contributed by atoms with Gasteiger partial charge in [0.1, 0.15) is 5.58 Å². The third-order valence-corrected chi connectivity index (χ3v) is 12.2. The van der Waals surface area contributed by atoms with Gasteiger partial charge in [-0.15, -0.1) is 0 Å². The number of hydrogen-bond acceptors (Lipinski definition) is 2. The van der Waals surface area contributed by atoms with E-state index < -0.39 is 0 Å². The van der Waals surface area contributed by atoms with Crippen molar-refractivity contribution in [2.75, 3.05) is 4.90 Å². The fourth-order valence-corrected chi connectivity index (χ4v) is 9.42. The third kappa shape index (κ3) is 5.74. The quantitative estimate of drug-likeness (QED) is 0.161. The zero-order valence-corrected chi connectivity index (χ0v) is 33.2. The molecule has 12 rings (SSSR count). The first kappa shape index (κ1) is 34.9. The molecule has 3 nitrogen and oxygen atoms in total. The standard InChI is InChI=1S/C58H38N2O/c1-2-16-39(17-3-1)40-32-35-43(36-33-40)59(52-29-14-19-41-18-4-5-21-45(41)52)53-27-11-8-23-47(53)46-22-7-6-20-44(46)42-34-37-49-48-24-9-12-28-54(48)60(56(49)38-42)55-30-15-26-51-50-25-10-13-31-57(50)61-58(51)55/h1-38H. The van der Waals surface area contributed by atoms with E-state index in [0.29, 0.717) is 0 Å². The summed E-state index contributed by atoms with van der Waals surface area (Å²) in [4.78, 5) is 2.43. The Bertz CT molecular complexity index is 3590. The van der Waals surface area contributed by atoms with Gasteiger partial charge in [0.05, 0.1) is 28.1 Å². The van der Waals surface area contributed by atoms with Gasteiger partial charge in [0.2, 0.25) is 0 Å². The number of nitrogens with zero attached hydrogens (tertiary/aromatic N) is 2. The Balaban J connectivity index is 1.06. The van der Waals surface area contributed by atoms with Crippen LogP contribution in [-0.2, 0) is 0 Å². The van der Waals surface area contributed by atoms with E-state index in [0.717, 1.165) is 78.0 Å². The molecule has 3 heteroatoms. The monoisotopic (exact) mass is 778 g/mol. The molecule has 286 valence electrons. The van der Waals surface area contributed by atoms with Crippen molar-refractivity contribution in [3.05, 3.63) is 231 Å². The van der Waals surface area contributed by atoms with Crippen molar-refractivity contribution in [3.63, 3.8) is 0 Å². The lowest BCUT2D eigenvalue weighted by molar-refractivity contribution is 0.666. The normalized spacial score (nSPS) is 11.6. The molecule has 2 aromatic heterocycles. The van der Waals surface area contributed by atoms with E-state index in [1.54, 1.807) is 0 Å². The zero-order valence-electron chi connectivity index (χ0n) is 33.2. The van der Waals surface area contributed by atoms with E-state index in [1.165, 1.54) is 32.7 Å². The average Bonchev–Trinajstić information content (AvgIpc) is 3.88. The molecule has 10 aromatic carbocycles. The molecule has 0 N–H and O–H groups in total. The molecule has 0 saturated heterocycles. The first-order chi connectivity index (χ1) is 30.3. The van der Waals surface area contributed by atoms with Gasteiger partial charge in [-0.25, -0.2) is 0 Å². The van der Waals surface area contributed by atoms with Crippen LogP contribution in [0.15, 0.2) is 235 Å². The maximum Gasteiger partial charge on any atom is 0.159 e. The molecule has 0 radical (unpaired) electrons. The molecule has 0 fully saturated rings. The van der Waals surface area contributed by atoms with Crippen LogP contribution in [0.5, 0.6) is 0 Å². The topological polar surface area (TPSA) is 21.3 Å². The second kappa shape index (κ2) is 14.3. The summed E-state index contributed by atoms with van der Waals surface area (Å²) in [7, 11) is 0. The Labute approximate surface area is 353 Å². The highest BCUT2D eigenvalue weighted by Crippen LogP contribution is 2.47. The first-order valence-electron chi connectivity index (χ1n) is 20.8. The van der Waals surface area contributed by atoms with Crippen LogP contribution in [0, 0.1) is 0 Å². The molecule has 2 heterocycles. The van der Waals surface area contributed by atoms with Crippen LogP contribution in [0.25, 0.3) is 93.6 Å². The van der Waals surface area contributed by atoms with Crippen LogP contribution in [-0.4, -0.2) is 4.57 Å². The lowest BCUT2D eigenvalue weighted by Crippen LogP contribution is -2.12. The fourth-order valence-electron chi connectivity index (χ4n) is 9.42. The van der Waals surface area contributed by atoms with E-state index in [-0.39, 0.29) is 0 Å². The molecule has 0 bridgehead atoms. The largest absolute Gasteiger partial charge is 0.454 e. The van der Waals surface area contributed by atoms with Crippen molar-refractivity contribution in [1.82, 2.24) is 4.57 Å². The third-order valence-electron chi connectivity index (χ3n) is 12.2. The van der Waals surface area contributed by atoms with Crippen LogP contribution in [0.1, 0.15) is 0 Å². The number of fused-ring (bicyclic) bond motifs is 7. The number of rotatable bonds is 7. The summed E-state index contributed by atoms with van der Waals surface area (Å²) >= 11 is 0. The van der Waals surface area contributed by atoms with E-state index >= 15 is 0 Å². The predicted molar refractivity (Wildman–Crippen MR) is 257 cm³/mol. The Morgan fingerprint density at radius 1 is 0.344 bits per heavy atom. The van der Waals surface area contributed by atoms with Crippen molar-refractivity contribution in [2.24, 2.45) is 0 Å². The van der Waals surface area contributed by atoms with Gasteiger partial charge in [-0.2, -0.15) is 0 Å². The van der Waals surface area contributed by atoms with E-state index in [1.807, 2.05) is 6.07 Å². The average molecular weight is 779 g/mol. The summed E-state index contributed by atoms with van der Waals surface area (Å²) in [5.41, 5.74) is 15.4. The SMILES string of the molecule is c1ccc(-c2ccc(N(c3ccccc3-c3ccccc3-c3ccc4c5ccccc5n(-c5cccc6c5oc5ccccc56)c4c3)c3cccc4ccccc34)cc2)cc1. The lowest BCUT2D eigenvalue weighted by atomic mass is 9.92. The molecule has 0 atom stereocenters. The highest BCUT2D eigenvalue weighted by molar-refractivity contribution is 6.13. The minimum Gasteiger partial charge on any atom is -0.454 e. The molecular weight excluding hydrogens is 741 g/mol. The van der Waals surface area contributed by atoms with Gasteiger partial charge < -0.3 is 13.9 Å². The van der Waals surface area contributed by atoms with Crippen molar-refractivity contribution in [3.8, 4) is 39.1 Å². The second-order valence-electron chi connectivity index (χ2n) is 15.6. The Hall–Kier alpha value is -8.14. The summed E-state index contributed by atoms with van der Waals surface area (Å²) in [6.45, 7) is 0. The van der Waals surface area contributed by atoms with E-state index in [4.69, 9.17) is 4.42 Å². The van der Waals surface area contributed by atoms with Crippen LogP contribution in [0.3, 0.4) is 0 Å². The van der Waals surface area contributed by atoms with Gasteiger partial charge >= 0.3 is 0 Å². The van der Waals surface area contributed by atoms with Gasteiger partial charge in [0.15, 0.2) is 5.58 Å². The highest BCUT2D eigenvalue weighted by atomic mass is 16.3. The summed E-state index contributed by atoms with van der Waals surface area (Å²) < 4.78 is 9.02. The van der Waals surface area contributed by atoms with Gasteiger partial charge in [0.25, 0.3) is 0 Å². The van der Waals surface area contributed by atoms with Crippen LogP contribution in [0.2, 0.25) is 0 Å². The molecule has 12 aromatic rings. The molecule has 0 aliphatic rings. The predicted octanol–water partition coefficient (Wildman–Crippen LogP) is 16.3. The van der Waals surface area contributed by atoms with E-state index in [9.17, 15) is 0 Å². The van der Waals surface area contributed by atoms with Gasteiger partial charge in [-0.1, -0.05) is 182 Å². The minimum absolute atomic E-state index is 0.886. The van der Waals surface area contributed by atoms with Crippen LogP contribution >= 0.6 is 0 Å². The maximum atomic E-state index is 6.64. The molecule has 0 aliphatic carbocycles. The molecular formula is C58H38N2O. The fraction of sp³-hybridized carbons (Fsp3) is 0.